The van der Waals surface area contributed by atoms with Crippen LogP contribution >= 0.6 is 47.8 Å². The van der Waals surface area contributed by atoms with Crippen molar-refractivity contribution in [1.29, 1.82) is 0 Å². The first-order valence-corrected chi connectivity index (χ1v) is 21.6. The van der Waals surface area contributed by atoms with Crippen molar-refractivity contribution in [1.82, 2.24) is 0 Å². The molecule has 0 unspecified atom stereocenters. The molecule has 6 nitrogen and oxygen atoms in total. The van der Waals surface area contributed by atoms with E-state index < -0.39 is 6.29 Å². The summed E-state index contributed by atoms with van der Waals surface area (Å²) in [4.78, 5) is 37.3. The summed E-state index contributed by atoms with van der Waals surface area (Å²) in [5, 5.41) is 3.23. The van der Waals surface area contributed by atoms with E-state index in [0.717, 1.165) is 73.8 Å². The molecule has 0 fully saturated rings. The second-order valence-corrected chi connectivity index (χ2v) is 14.6. The Hall–Kier alpha value is -0.150. The molecule has 0 saturated carbocycles. The number of hydrogen-bond acceptors (Lipinski definition) is 6. The molecule has 45 heavy (non-hydrogen) atoms. The lowest BCUT2D eigenvalue weighted by Gasteiger charge is -2.18. The van der Waals surface area contributed by atoms with Crippen LogP contribution in [-0.2, 0) is 28.6 Å². The van der Waals surface area contributed by atoms with Gasteiger partial charge in [-0.25, -0.2) is 0 Å². The zero-order valence-corrected chi connectivity index (χ0v) is 33.0. The van der Waals surface area contributed by atoms with Crippen LogP contribution in [0.3, 0.4) is 0 Å². The van der Waals surface area contributed by atoms with Gasteiger partial charge in [-0.15, -0.1) is 0 Å². The fourth-order valence-corrected chi connectivity index (χ4v) is 6.36. The Balaban J connectivity index is 4.34. The van der Waals surface area contributed by atoms with Crippen molar-refractivity contribution in [2.75, 3.05) is 22.6 Å². The van der Waals surface area contributed by atoms with Crippen LogP contribution in [0.4, 0.5) is 0 Å². The van der Waals surface area contributed by atoms with E-state index in [1.54, 1.807) is 0 Å². The number of ether oxygens (including phenoxy) is 3. The van der Waals surface area contributed by atoms with Gasteiger partial charge in [0.15, 0.2) is 0 Å². The second kappa shape index (κ2) is 36.7. The predicted octanol–water partition coefficient (Wildman–Crippen LogP) is 12.0. The first-order chi connectivity index (χ1) is 22.0. The molecule has 0 heterocycles. The summed E-state index contributed by atoms with van der Waals surface area (Å²) in [5.41, 5.74) is 0. The van der Waals surface area contributed by atoms with Gasteiger partial charge in [0.1, 0.15) is 0 Å². The molecular formula is C36H65Br3O6. The van der Waals surface area contributed by atoms with Gasteiger partial charge >= 0.3 is 17.9 Å². The van der Waals surface area contributed by atoms with Crippen molar-refractivity contribution in [2.24, 2.45) is 0 Å². The Labute approximate surface area is 301 Å². The van der Waals surface area contributed by atoms with Gasteiger partial charge in [0.2, 0.25) is 0 Å². The molecule has 0 N–H and O–H groups in total. The fourth-order valence-electron chi connectivity index (χ4n) is 5.17. The molecule has 0 spiro atoms. The first-order valence-electron chi connectivity index (χ1n) is 18.3. The van der Waals surface area contributed by atoms with E-state index in [1.807, 2.05) is 0 Å². The lowest BCUT2D eigenvalue weighted by atomic mass is 10.1. The molecule has 0 atom stereocenters. The Morgan fingerprint density at radius 2 is 0.644 bits per heavy atom. The van der Waals surface area contributed by atoms with Crippen molar-refractivity contribution in [3.05, 3.63) is 0 Å². The van der Waals surface area contributed by atoms with E-state index in [2.05, 4.69) is 47.8 Å². The third kappa shape index (κ3) is 35.0. The van der Waals surface area contributed by atoms with Crippen LogP contribution in [0.25, 0.3) is 0 Å². The maximum atomic E-state index is 12.5. The van der Waals surface area contributed by atoms with Gasteiger partial charge in [-0.2, -0.15) is 0 Å². The molecular weight excluding hydrogens is 768 g/mol. The van der Waals surface area contributed by atoms with E-state index >= 15 is 0 Å². The molecule has 9 heteroatoms. The minimum absolute atomic E-state index is 0.0712. The van der Waals surface area contributed by atoms with Crippen LogP contribution in [0, 0.1) is 0 Å². The number of esters is 3. The zero-order chi connectivity index (χ0) is 33.1. The van der Waals surface area contributed by atoms with Crippen molar-refractivity contribution >= 4 is 65.7 Å². The second-order valence-electron chi connectivity index (χ2n) is 12.2. The molecule has 266 valence electrons. The van der Waals surface area contributed by atoms with Crippen molar-refractivity contribution in [3.8, 4) is 0 Å². The topological polar surface area (TPSA) is 78.9 Å². The van der Waals surface area contributed by atoms with E-state index in [4.69, 9.17) is 14.2 Å². The molecule has 0 aromatic heterocycles. The van der Waals surface area contributed by atoms with Crippen LogP contribution in [0.2, 0.25) is 0 Å². The van der Waals surface area contributed by atoms with E-state index in [-0.39, 0.29) is 30.9 Å². The smallest absolute Gasteiger partial charge is 0.308 e. The lowest BCUT2D eigenvalue weighted by molar-refractivity contribution is -0.191. The number of carbonyl (C=O) groups excluding carboxylic acids is 3. The highest BCUT2D eigenvalue weighted by Crippen LogP contribution is 2.15. The van der Waals surface area contributed by atoms with E-state index in [0.29, 0.717) is 19.3 Å². The third-order valence-corrected chi connectivity index (χ3v) is 9.62. The Morgan fingerprint density at radius 1 is 0.378 bits per heavy atom. The maximum Gasteiger partial charge on any atom is 0.308 e. The summed E-state index contributed by atoms with van der Waals surface area (Å²) in [5.74, 6) is -0.963. The molecule has 0 aromatic carbocycles. The number of hydrogen-bond donors (Lipinski definition) is 0. The summed E-state index contributed by atoms with van der Waals surface area (Å²) in [6.45, 7) is 0.0712. The monoisotopic (exact) mass is 830 g/mol. The maximum absolute atomic E-state index is 12.5. The molecule has 0 aliphatic rings. The SMILES string of the molecule is O=C(CCCCCCCCCCBr)OCCC(OC(=O)CCCCCCCCCCBr)OC(=O)CCCCCCCCCCBr. The number of carbonyl (C=O) groups is 3. The summed E-state index contributed by atoms with van der Waals surface area (Å²) in [6.07, 6.45) is 27.5. The molecule has 0 amide bonds. The number of rotatable bonds is 35. The Bertz CT molecular complexity index is 643. The third-order valence-electron chi connectivity index (χ3n) is 7.94. The van der Waals surface area contributed by atoms with Crippen LogP contribution in [-0.4, -0.2) is 46.8 Å². The van der Waals surface area contributed by atoms with Gasteiger partial charge in [-0.3, -0.25) is 14.4 Å². The van der Waals surface area contributed by atoms with Gasteiger partial charge in [0.25, 0.3) is 6.29 Å². The highest BCUT2D eigenvalue weighted by atomic mass is 79.9. The fraction of sp³-hybridized carbons (Fsp3) is 0.917. The Kier molecular flexibility index (Phi) is 36.6. The zero-order valence-electron chi connectivity index (χ0n) is 28.3. The highest BCUT2D eigenvalue weighted by molar-refractivity contribution is 9.09. The summed E-state index contributed by atoms with van der Waals surface area (Å²) in [7, 11) is 0. The van der Waals surface area contributed by atoms with Crippen LogP contribution in [0.15, 0.2) is 0 Å². The molecule has 0 aliphatic heterocycles. The number of halogens is 3. The predicted molar refractivity (Wildman–Crippen MR) is 198 cm³/mol. The van der Waals surface area contributed by atoms with Gasteiger partial charge in [-0.1, -0.05) is 163 Å². The molecule has 0 radical (unpaired) electrons. The average Bonchev–Trinajstić information content (AvgIpc) is 3.02. The number of unbranched alkanes of at least 4 members (excludes halogenated alkanes) is 21. The van der Waals surface area contributed by atoms with Crippen LogP contribution in [0.1, 0.15) is 180 Å². The summed E-state index contributed by atoms with van der Waals surface area (Å²) >= 11 is 10.4. The van der Waals surface area contributed by atoms with Gasteiger partial charge < -0.3 is 14.2 Å². The normalized spacial score (nSPS) is 11.2. The van der Waals surface area contributed by atoms with Gasteiger partial charge in [0.05, 0.1) is 13.0 Å². The largest absolute Gasteiger partial charge is 0.465 e. The first kappa shape index (κ1) is 44.9. The summed E-state index contributed by atoms with van der Waals surface area (Å²) in [6, 6.07) is 0. The van der Waals surface area contributed by atoms with Crippen LogP contribution in [0.5, 0.6) is 0 Å². The average molecular weight is 834 g/mol. The van der Waals surface area contributed by atoms with Gasteiger partial charge in [-0.05, 0) is 38.5 Å². The highest BCUT2D eigenvalue weighted by Gasteiger charge is 2.20. The van der Waals surface area contributed by atoms with Crippen molar-refractivity contribution in [2.45, 2.75) is 186 Å². The minimum atomic E-state index is -1.01. The molecule has 0 aromatic rings. The van der Waals surface area contributed by atoms with E-state index in [1.165, 1.54) is 96.3 Å². The molecule has 0 rings (SSSR count). The number of alkyl halides is 3. The summed E-state index contributed by atoms with van der Waals surface area (Å²) < 4.78 is 16.5. The van der Waals surface area contributed by atoms with Crippen molar-refractivity contribution < 1.29 is 28.6 Å². The van der Waals surface area contributed by atoms with Gasteiger partial charge in [0, 0.05) is 35.3 Å². The Morgan fingerprint density at radius 3 is 0.956 bits per heavy atom. The van der Waals surface area contributed by atoms with Crippen molar-refractivity contribution in [3.63, 3.8) is 0 Å². The lowest BCUT2D eigenvalue weighted by Crippen LogP contribution is -2.26. The van der Waals surface area contributed by atoms with E-state index in [9.17, 15) is 14.4 Å². The van der Waals surface area contributed by atoms with Crippen LogP contribution < -0.4 is 0 Å². The quantitative estimate of drug-likeness (QED) is 0.0274. The standard InChI is InChI=1S/C36H65Br3O6/c37-29-22-16-10-4-1-7-13-19-25-33(40)43-32-28-36(44-34(41)26-20-14-8-2-5-11-17-23-30-38)45-35(42)27-21-15-9-3-6-12-18-24-31-39/h36H,1-32H2. The molecule has 0 bridgehead atoms. The molecule has 0 aliphatic carbocycles. The minimum Gasteiger partial charge on any atom is -0.465 e. The molecule has 0 saturated heterocycles.